The quantitative estimate of drug-likeness (QED) is 0.807. The number of hydrogen-bond donors (Lipinski definition) is 1. The lowest BCUT2D eigenvalue weighted by molar-refractivity contribution is -0.136. The van der Waals surface area contributed by atoms with Crippen molar-refractivity contribution in [1.29, 1.82) is 0 Å². The maximum Gasteiger partial charge on any atom is 0.225 e. The molecule has 1 aromatic rings. The van der Waals surface area contributed by atoms with Gasteiger partial charge in [-0.2, -0.15) is 0 Å². The molecule has 1 N–H and O–H groups in total. The molecule has 0 unspecified atom stereocenters. The van der Waals surface area contributed by atoms with Gasteiger partial charge in [0.2, 0.25) is 11.8 Å². The summed E-state index contributed by atoms with van der Waals surface area (Å²) in [5.74, 6) is 1.51. The second kappa shape index (κ2) is 7.89. The molecule has 1 saturated carbocycles. The summed E-state index contributed by atoms with van der Waals surface area (Å²) in [5.41, 5.74) is 2.35. The third-order valence-electron chi connectivity index (χ3n) is 4.97. The third-order valence-corrected chi connectivity index (χ3v) is 4.97. The van der Waals surface area contributed by atoms with E-state index in [0.29, 0.717) is 32.1 Å². The summed E-state index contributed by atoms with van der Waals surface area (Å²) in [6.45, 7) is 6.49. The van der Waals surface area contributed by atoms with Crippen molar-refractivity contribution >= 4 is 11.8 Å². The molecule has 2 fully saturated rings. The first-order chi connectivity index (χ1) is 12.0. The monoisotopic (exact) mass is 344 g/mol. The van der Waals surface area contributed by atoms with Gasteiger partial charge in [0.05, 0.1) is 6.54 Å². The summed E-state index contributed by atoms with van der Waals surface area (Å²) in [4.78, 5) is 26.2. The van der Waals surface area contributed by atoms with Crippen LogP contribution < -0.4 is 10.1 Å². The smallest absolute Gasteiger partial charge is 0.225 e. The van der Waals surface area contributed by atoms with Crippen molar-refractivity contribution in [1.82, 2.24) is 10.2 Å². The topological polar surface area (TPSA) is 58.6 Å². The molecule has 2 aliphatic rings. The van der Waals surface area contributed by atoms with Gasteiger partial charge >= 0.3 is 0 Å². The second-order valence-corrected chi connectivity index (χ2v) is 7.34. The van der Waals surface area contributed by atoms with Crippen molar-refractivity contribution < 1.29 is 14.3 Å². The van der Waals surface area contributed by atoms with Gasteiger partial charge in [0.15, 0.2) is 0 Å². The van der Waals surface area contributed by atoms with Crippen molar-refractivity contribution in [2.24, 2.45) is 11.8 Å². The minimum Gasteiger partial charge on any atom is -0.492 e. The fourth-order valence-electron chi connectivity index (χ4n) is 3.45. The molecule has 1 aliphatic carbocycles. The average molecular weight is 344 g/mol. The van der Waals surface area contributed by atoms with Gasteiger partial charge in [-0.05, 0) is 62.8 Å². The average Bonchev–Trinajstić information content (AvgIpc) is 3.42. The Morgan fingerprint density at radius 1 is 1.04 bits per heavy atom. The minimum atomic E-state index is 0.0180. The van der Waals surface area contributed by atoms with Crippen molar-refractivity contribution in [3.63, 3.8) is 0 Å². The molecule has 1 aromatic carbocycles. The minimum absolute atomic E-state index is 0.0180. The van der Waals surface area contributed by atoms with Crippen LogP contribution in [0.1, 0.15) is 36.8 Å². The molecule has 0 aromatic heterocycles. The summed E-state index contributed by atoms with van der Waals surface area (Å²) in [6.07, 6.45) is 3.61. The van der Waals surface area contributed by atoms with E-state index in [0.717, 1.165) is 31.4 Å². The molecular weight excluding hydrogens is 316 g/mol. The molecule has 25 heavy (non-hydrogen) atoms. The Morgan fingerprint density at radius 3 is 2.28 bits per heavy atom. The summed E-state index contributed by atoms with van der Waals surface area (Å²) in [6, 6.07) is 6.11. The molecule has 1 aliphatic heterocycles. The third kappa shape index (κ3) is 4.97. The number of nitrogens with one attached hydrogen (secondary N) is 1. The predicted octanol–water partition coefficient (Wildman–Crippen LogP) is 2.45. The Kier molecular flexibility index (Phi) is 5.61. The van der Waals surface area contributed by atoms with E-state index in [1.807, 2.05) is 30.9 Å². The fourth-order valence-corrected chi connectivity index (χ4v) is 3.45. The summed E-state index contributed by atoms with van der Waals surface area (Å²) < 4.78 is 5.72. The van der Waals surface area contributed by atoms with Crippen molar-refractivity contribution in [2.75, 3.05) is 26.2 Å². The molecule has 136 valence electrons. The fraction of sp³-hybridized carbons (Fsp3) is 0.600. The maximum atomic E-state index is 12.3. The van der Waals surface area contributed by atoms with Crippen LogP contribution in [0, 0.1) is 25.7 Å². The lowest BCUT2D eigenvalue weighted by Gasteiger charge is -2.31. The van der Waals surface area contributed by atoms with E-state index in [-0.39, 0.29) is 17.7 Å². The van der Waals surface area contributed by atoms with E-state index in [4.69, 9.17) is 4.74 Å². The van der Waals surface area contributed by atoms with Crippen molar-refractivity contribution in [3.8, 4) is 5.75 Å². The number of aryl methyl sites for hydroxylation is 2. The number of hydrogen-bond acceptors (Lipinski definition) is 3. The number of nitrogens with zero attached hydrogens (tertiary/aromatic N) is 1. The highest BCUT2D eigenvalue weighted by Crippen LogP contribution is 2.32. The molecule has 5 nitrogen and oxygen atoms in total. The number of ether oxygens (including phenoxy) is 1. The zero-order valence-electron chi connectivity index (χ0n) is 15.2. The number of rotatable bonds is 6. The highest BCUT2D eigenvalue weighted by Gasteiger charge is 2.35. The molecule has 0 spiro atoms. The first kappa shape index (κ1) is 17.8. The first-order valence-corrected chi connectivity index (χ1v) is 9.30. The van der Waals surface area contributed by atoms with E-state index < -0.39 is 0 Å². The molecule has 0 bridgehead atoms. The van der Waals surface area contributed by atoms with Gasteiger partial charge in [-0.1, -0.05) is 6.07 Å². The Labute approximate surface area is 149 Å². The van der Waals surface area contributed by atoms with Crippen LogP contribution in [0.25, 0.3) is 0 Å². The van der Waals surface area contributed by atoms with Crippen LogP contribution in [0.2, 0.25) is 0 Å². The van der Waals surface area contributed by atoms with Gasteiger partial charge in [0, 0.05) is 24.9 Å². The number of piperidine rings is 1. The molecule has 3 rings (SSSR count). The zero-order chi connectivity index (χ0) is 17.8. The van der Waals surface area contributed by atoms with E-state index in [1.54, 1.807) is 0 Å². The SMILES string of the molecule is Cc1cc(C)cc(OCCNC(=O)C2CCN(C(=O)C3CC3)CC2)c1. The van der Waals surface area contributed by atoms with Gasteiger partial charge < -0.3 is 15.0 Å². The van der Waals surface area contributed by atoms with Crippen LogP contribution in [-0.4, -0.2) is 43.0 Å². The Bertz CT molecular complexity index is 612. The van der Waals surface area contributed by atoms with Gasteiger partial charge in [0.1, 0.15) is 12.4 Å². The van der Waals surface area contributed by atoms with Crippen LogP contribution in [0.15, 0.2) is 18.2 Å². The highest BCUT2D eigenvalue weighted by atomic mass is 16.5. The molecule has 0 atom stereocenters. The normalized spacial score (nSPS) is 18.1. The molecule has 1 heterocycles. The largest absolute Gasteiger partial charge is 0.492 e. The molecule has 1 saturated heterocycles. The van der Waals surface area contributed by atoms with Gasteiger partial charge in [0.25, 0.3) is 0 Å². The number of likely N-dealkylation sites (tertiary alicyclic amines) is 1. The number of benzene rings is 1. The van der Waals surface area contributed by atoms with Crippen LogP contribution >= 0.6 is 0 Å². The predicted molar refractivity (Wildman–Crippen MR) is 96.4 cm³/mol. The van der Waals surface area contributed by atoms with E-state index in [2.05, 4.69) is 11.4 Å². The summed E-state index contributed by atoms with van der Waals surface area (Å²) in [7, 11) is 0. The maximum absolute atomic E-state index is 12.3. The standard InChI is InChI=1S/C20H28N2O3/c1-14-11-15(2)13-18(12-14)25-10-7-21-19(23)16-5-8-22(9-6-16)20(24)17-3-4-17/h11-13,16-17H,3-10H2,1-2H3,(H,21,23). The lowest BCUT2D eigenvalue weighted by Crippen LogP contribution is -2.44. The van der Waals surface area contributed by atoms with Crippen molar-refractivity contribution in [3.05, 3.63) is 29.3 Å². The Balaban J connectivity index is 1.35. The Hall–Kier alpha value is -2.04. The molecule has 5 heteroatoms. The first-order valence-electron chi connectivity index (χ1n) is 9.30. The van der Waals surface area contributed by atoms with Crippen LogP contribution in [-0.2, 0) is 9.59 Å². The van der Waals surface area contributed by atoms with E-state index in [9.17, 15) is 9.59 Å². The second-order valence-electron chi connectivity index (χ2n) is 7.34. The number of amides is 2. The molecule has 2 amide bonds. The van der Waals surface area contributed by atoms with E-state index >= 15 is 0 Å². The summed E-state index contributed by atoms with van der Waals surface area (Å²) in [5, 5.41) is 2.96. The van der Waals surface area contributed by atoms with Crippen molar-refractivity contribution in [2.45, 2.75) is 39.5 Å². The van der Waals surface area contributed by atoms with Crippen LogP contribution in [0.5, 0.6) is 5.75 Å². The van der Waals surface area contributed by atoms with Gasteiger partial charge in [-0.25, -0.2) is 0 Å². The molecule has 0 radical (unpaired) electrons. The van der Waals surface area contributed by atoms with Crippen LogP contribution in [0.4, 0.5) is 0 Å². The summed E-state index contributed by atoms with van der Waals surface area (Å²) >= 11 is 0. The lowest BCUT2D eigenvalue weighted by atomic mass is 9.95. The van der Waals surface area contributed by atoms with E-state index in [1.165, 1.54) is 11.1 Å². The van der Waals surface area contributed by atoms with Gasteiger partial charge in [-0.3, -0.25) is 9.59 Å². The number of carbonyl (C=O) groups is 2. The van der Waals surface area contributed by atoms with Gasteiger partial charge in [-0.15, -0.1) is 0 Å². The number of carbonyl (C=O) groups excluding carboxylic acids is 2. The van der Waals surface area contributed by atoms with Crippen LogP contribution in [0.3, 0.4) is 0 Å². The highest BCUT2D eigenvalue weighted by molar-refractivity contribution is 5.82. The molecular formula is C20H28N2O3. The Morgan fingerprint density at radius 2 is 1.68 bits per heavy atom. The zero-order valence-corrected chi connectivity index (χ0v) is 15.2.